The molecule has 0 aliphatic rings. The van der Waals surface area contributed by atoms with Crippen molar-refractivity contribution in [3.05, 3.63) is 45.8 Å². The average Bonchev–Trinajstić information content (AvgIpc) is 2.97. The number of hydrogen-bond donors (Lipinski definition) is 3. The summed E-state index contributed by atoms with van der Waals surface area (Å²) in [6, 6.07) is 7.40. The topological polar surface area (TPSA) is 80.0 Å². The largest absolute Gasteiger partial charge is 0.347 e. The molecule has 0 saturated carbocycles. The summed E-state index contributed by atoms with van der Waals surface area (Å²) in [7, 11) is 0. The fraction of sp³-hybridized carbons (Fsp3) is 0.286. The maximum Gasteiger partial charge on any atom is 0.251 e. The first-order valence-corrected chi connectivity index (χ1v) is 7.27. The Balaban J connectivity index is 2.14. The fourth-order valence-corrected chi connectivity index (χ4v) is 2.38. The monoisotopic (exact) mass is 290 g/mol. The van der Waals surface area contributed by atoms with Gasteiger partial charge in [0.2, 0.25) is 0 Å². The molecular formula is C14H18N4OS. The van der Waals surface area contributed by atoms with Crippen LogP contribution in [-0.4, -0.2) is 10.9 Å². The minimum atomic E-state index is -0.126. The summed E-state index contributed by atoms with van der Waals surface area (Å²) in [4.78, 5) is 17.6. The molecule has 0 saturated heterocycles. The Bertz CT molecular complexity index is 581. The molecule has 2 rings (SSSR count). The van der Waals surface area contributed by atoms with Gasteiger partial charge in [-0.2, -0.15) is 0 Å². The van der Waals surface area contributed by atoms with Crippen molar-refractivity contribution in [2.75, 3.05) is 5.43 Å². The van der Waals surface area contributed by atoms with Crippen LogP contribution < -0.4 is 16.6 Å². The van der Waals surface area contributed by atoms with Crippen molar-refractivity contribution in [1.29, 1.82) is 0 Å². The highest BCUT2D eigenvalue weighted by atomic mass is 32.1. The normalized spacial score (nSPS) is 10.6. The van der Waals surface area contributed by atoms with Crippen LogP contribution in [0.15, 0.2) is 29.6 Å². The first-order chi connectivity index (χ1) is 9.60. The lowest BCUT2D eigenvalue weighted by Crippen LogP contribution is -2.23. The van der Waals surface area contributed by atoms with E-state index in [2.05, 4.69) is 15.7 Å². The van der Waals surface area contributed by atoms with E-state index in [1.807, 2.05) is 31.4 Å². The minimum Gasteiger partial charge on any atom is -0.347 e. The highest BCUT2D eigenvalue weighted by molar-refractivity contribution is 7.09. The standard InChI is InChI=1S/C14H18N4OS/c1-9(2)12-6-10(7-13(17-12)18-15)14(19)16-8-11-4-3-5-20-11/h3-7,9H,8,15H2,1-2H3,(H,16,19)(H,17,18). The molecule has 106 valence electrons. The minimum absolute atomic E-state index is 0.126. The molecular weight excluding hydrogens is 272 g/mol. The van der Waals surface area contributed by atoms with Crippen molar-refractivity contribution in [2.24, 2.45) is 5.84 Å². The fourth-order valence-electron chi connectivity index (χ4n) is 1.74. The van der Waals surface area contributed by atoms with Crippen molar-refractivity contribution in [3.8, 4) is 0 Å². The third-order valence-electron chi connectivity index (χ3n) is 2.85. The number of hydrogen-bond acceptors (Lipinski definition) is 5. The Kier molecular flexibility index (Phi) is 4.70. The predicted molar refractivity (Wildman–Crippen MR) is 81.6 cm³/mol. The molecule has 0 bridgehead atoms. The van der Waals surface area contributed by atoms with Crippen molar-refractivity contribution in [1.82, 2.24) is 10.3 Å². The predicted octanol–water partition coefficient (Wildman–Crippen LogP) is 2.48. The van der Waals surface area contributed by atoms with Crippen molar-refractivity contribution in [3.63, 3.8) is 0 Å². The molecule has 0 atom stereocenters. The third-order valence-corrected chi connectivity index (χ3v) is 3.73. The molecule has 0 fully saturated rings. The second-order valence-corrected chi connectivity index (χ2v) is 5.76. The number of carbonyl (C=O) groups excluding carboxylic acids is 1. The van der Waals surface area contributed by atoms with Gasteiger partial charge in [-0.3, -0.25) is 4.79 Å². The van der Waals surface area contributed by atoms with Crippen LogP contribution in [0.1, 0.15) is 40.7 Å². The number of anilines is 1. The van der Waals surface area contributed by atoms with Crippen molar-refractivity contribution in [2.45, 2.75) is 26.3 Å². The third kappa shape index (κ3) is 3.55. The number of carbonyl (C=O) groups is 1. The van der Waals surface area contributed by atoms with Gasteiger partial charge in [-0.25, -0.2) is 10.8 Å². The molecule has 0 radical (unpaired) electrons. The number of pyridine rings is 1. The Morgan fingerprint density at radius 2 is 2.25 bits per heavy atom. The summed E-state index contributed by atoms with van der Waals surface area (Å²) in [6.45, 7) is 4.58. The second-order valence-electron chi connectivity index (χ2n) is 4.73. The van der Waals surface area contributed by atoms with Crippen LogP contribution in [0.3, 0.4) is 0 Å². The van der Waals surface area contributed by atoms with Crippen molar-refractivity contribution >= 4 is 23.1 Å². The van der Waals surface area contributed by atoms with Crippen LogP contribution in [0.4, 0.5) is 5.82 Å². The number of rotatable bonds is 5. The van der Waals surface area contributed by atoms with E-state index < -0.39 is 0 Å². The van der Waals surface area contributed by atoms with Gasteiger partial charge in [-0.1, -0.05) is 19.9 Å². The zero-order chi connectivity index (χ0) is 14.5. The molecule has 20 heavy (non-hydrogen) atoms. The van der Waals surface area contributed by atoms with Crippen LogP contribution in [0, 0.1) is 0 Å². The first kappa shape index (κ1) is 14.5. The number of nitrogens with zero attached hydrogens (tertiary/aromatic N) is 1. The summed E-state index contributed by atoms with van der Waals surface area (Å²) in [5.41, 5.74) is 3.90. The summed E-state index contributed by atoms with van der Waals surface area (Å²) in [5, 5.41) is 4.88. The van der Waals surface area contributed by atoms with Gasteiger partial charge in [0.05, 0.1) is 6.54 Å². The molecule has 6 heteroatoms. The lowest BCUT2D eigenvalue weighted by Gasteiger charge is -2.11. The number of aromatic nitrogens is 1. The van der Waals surface area contributed by atoms with Crippen LogP contribution in [0.5, 0.6) is 0 Å². The molecule has 2 aromatic rings. The SMILES string of the molecule is CC(C)c1cc(C(=O)NCc2cccs2)cc(NN)n1. The number of thiophene rings is 1. The van der Waals surface area contributed by atoms with E-state index in [0.29, 0.717) is 17.9 Å². The average molecular weight is 290 g/mol. The van der Waals surface area contributed by atoms with Gasteiger partial charge in [0.25, 0.3) is 5.91 Å². The summed E-state index contributed by atoms with van der Waals surface area (Å²) >= 11 is 1.62. The molecule has 2 aromatic heterocycles. The smallest absolute Gasteiger partial charge is 0.251 e. The van der Waals surface area contributed by atoms with Crippen LogP contribution in [0.2, 0.25) is 0 Å². The second kappa shape index (κ2) is 6.49. The van der Waals surface area contributed by atoms with E-state index in [1.165, 1.54) is 0 Å². The highest BCUT2D eigenvalue weighted by Crippen LogP contribution is 2.17. The first-order valence-electron chi connectivity index (χ1n) is 6.39. The number of amides is 1. The van der Waals surface area contributed by atoms with E-state index >= 15 is 0 Å². The number of nitrogens with one attached hydrogen (secondary N) is 2. The number of nitrogens with two attached hydrogens (primary N) is 1. The molecule has 2 heterocycles. The van der Waals surface area contributed by atoms with E-state index in [1.54, 1.807) is 23.5 Å². The molecule has 0 unspecified atom stereocenters. The Morgan fingerprint density at radius 1 is 1.45 bits per heavy atom. The van der Waals surface area contributed by atoms with Gasteiger partial charge in [-0.05, 0) is 29.5 Å². The molecule has 0 aliphatic heterocycles. The summed E-state index contributed by atoms with van der Waals surface area (Å²) in [6.07, 6.45) is 0. The van der Waals surface area contributed by atoms with E-state index in [0.717, 1.165) is 10.6 Å². The molecule has 0 aliphatic carbocycles. The number of hydrazine groups is 1. The Hall–Kier alpha value is -1.92. The molecule has 1 amide bonds. The zero-order valence-corrected chi connectivity index (χ0v) is 12.3. The van der Waals surface area contributed by atoms with Gasteiger partial charge >= 0.3 is 0 Å². The van der Waals surface area contributed by atoms with Gasteiger partial charge in [0.15, 0.2) is 0 Å². The summed E-state index contributed by atoms with van der Waals surface area (Å²) < 4.78 is 0. The Morgan fingerprint density at radius 3 is 2.85 bits per heavy atom. The molecule has 4 N–H and O–H groups in total. The van der Waals surface area contributed by atoms with E-state index in [-0.39, 0.29) is 11.8 Å². The van der Waals surface area contributed by atoms with E-state index in [9.17, 15) is 4.79 Å². The highest BCUT2D eigenvalue weighted by Gasteiger charge is 2.11. The van der Waals surface area contributed by atoms with Gasteiger partial charge in [-0.15, -0.1) is 11.3 Å². The quantitative estimate of drug-likeness (QED) is 0.584. The number of nitrogen functional groups attached to an aromatic ring is 1. The maximum absolute atomic E-state index is 12.2. The van der Waals surface area contributed by atoms with Gasteiger partial charge in [0, 0.05) is 16.1 Å². The lowest BCUT2D eigenvalue weighted by molar-refractivity contribution is 0.0951. The summed E-state index contributed by atoms with van der Waals surface area (Å²) in [5.74, 6) is 6.00. The maximum atomic E-state index is 12.2. The lowest BCUT2D eigenvalue weighted by atomic mass is 10.1. The van der Waals surface area contributed by atoms with Crippen LogP contribution >= 0.6 is 11.3 Å². The van der Waals surface area contributed by atoms with Crippen LogP contribution in [0.25, 0.3) is 0 Å². The van der Waals surface area contributed by atoms with E-state index in [4.69, 9.17) is 5.84 Å². The zero-order valence-electron chi connectivity index (χ0n) is 11.5. The van der Waals surface area contributed by atoms with Crippen molar-refractivity contribution < 1.29 is 4.79 Å². The molecule has 0 aromatic carbocycles. The molecule has 5 nitrogen and oxygen atoms in total. The molecule has 0 spiro atoms. The van der Waals surface area contributed by atoms with Gasteiger partial charge < -0.3 is 10.7 Å². The van der Waals surface area contributed by atoms with Gasteiger partial charge in [0.1, 0.15) is 5.82 Å². The Labute approximate surface area is 122 Å². The van der Waals surface area contributed by atoms with Crippen LogP contribution in [-0.2, 0) is 6.54 Å².